The first-order valence-corrected chi connectivity index (χ1v) is 6.80. The second-order valence-electron chi connectivity index (χ2n) is 5.14. The van der Waals surface area contributed by atoms with Crippen LogP contribution in [0.25, 0.3) is 0 Å². The van der Waals surface area contributed by atoms with Gasteiger partial charge >= 0.3 is 0 Å². The number of benzene rings is 1. The van der Waals surface area contributed by atoms with Crippen LogP contribution in [0.2, 0.25) is 0 Å². The van der Waals surface area contributed by atoms with Crippen LogP contribution < -0.4 is 11.1 Å². The second kappa shape index (κ2) is 6.67. The van der Waals surface area contributed by atoms with Gasteiger partial charge in [-0.15, -0.1) is 0 Å². The van der Waals surface area contributed by atoms with Crippen LogP contribution in [0.1, 0.15) is 10.4 Å². The van der Waals surface area contributed by atoms with Crippen molar-refractivity contribution < 1.29 is 9.18 Å². The Bertz CT molecular complexity index is 472. The third-order valence-corrected chi connectivity index (χ3v) is 3.57. The minimum atomic E-state index is -0.501. The number of hydrogen-bond donors (Lipinski definition) is 2. The number of rotatable bonds is 4. The molecule has 110 valence electrons. The highest BCUT2D eigenvalue weighted by Crippen LogP contribution is 2.11. The van der Waals surface area contributed by atoms with Crippen molar-refractivity contribution >= 4 is 11.6 Å². The minimum absolute atomic E-state index is 0.00304. The van der Waals surface area contributed by atoms with Crippen LogP contribution in [0, 0.1) is 5.82 Å². The zero-order valence-corrected chi connectivity index (χ0v) is 11.7. The van der Waals surface area contributed by atoms with Crippen molar-refractivity contribution in [1.29, 1.82) is 0 Å². The number of halogens is 1. The van der Waals surface area contributed by atoms with E-state index < -0.39 is 5.82 Å². The lowest BCUT2D eigenvalue weighted by Gasteiger charge is -2.32. The standard InChI is InChI=1S/C14H21FN4O/c1-18-6-8-19(9-7-18)5-4-17-14(20)11-2-3-12(15)13(16)10-11/h2-3,10H,4-9,16H2,1H3,(H,17,20). The number of hydrogen-bond acceptors (Lipinski definition) is 4. The van der Waals surface area contributed by atoms with Gasteiger partial charge in [0, 0.05) is 44.8 Å². The number of likely N-dealkylation sites (N-methyl/N-ethyl adjacent to an activating group) is 1. The summed E-state index contributed by atoms with van der Waals surface area (Å²) >= 11 is 0. The number of nitrogen functional groups attached to an aromatic ring is 1. The van der Waals surface area contributed by atoms with Crippen molar-refractivity contribution in [3.05, 3.63) is 29.6 Å². The predicted molar refractivity (Wildman–Crippen MR) is 77.1 cm³/mol. The molecule has 1 amide bonds. The van der Waals surface area contributed by atoms with E-state index in [-0.39, 0.29) is 11.6 Å². The quantitative estimate of drug-likeness (QED) is 0.783. The highest BCUT2D eigenvalue weighted by Gasteiger charge is 2.14. The molecular weight excluding hydrogens is 259 g/mol. The van der Waals surface area contributed by atoms with Crippen molar-refractivity contribution in [2.45, 2.75) is 0 Å². The third-order valence-electron chi connectivity index (χ3n) is 3.57. The Kier molecular flexibility index (Phi) is 4.92. The van der Waals surface area contributed by atoms with E-state index in [4.69, 9.17) is 5.73 Å². The van der Waals surface area contributed by atoms with Crippen LogP contribution in [0.5, 0.6) is 0 Å². The minimum Gasteiger partial charge on any atom is -0.396 e. The average molecular weight is 280 g/mol. The van der Waals surface area contributed by atoms with Crippen molar-refractivity contribution in [1.82, 2.24) is 15.1 Å². The summed E-state index contributed by atoms with van der Waals surface area (Å²) in [6, 6.07) is 4.02. The molecule has 0 aliphatic carbocycles. The molecule has 0 saturated carbocycles. The summed E-state index contributed by atoms with van der Waals surface area (Å²) < 4.78 is 13.0. The fourth-order valence-electron chi connectivity index (χ4n) is 2.19. The van der Waals surface area contributed by atoms with E-state index in [2.05, 4.69) is 22.2 Å². The van der Waals surface area contributed by atoms with Gasteiger partial charge in [-0.1, -0.05) is 0 Å². The molecule has 0 atom stereocenters. The summed E-state index contributed by atoms with van der Waals surface area (Å²) in [6.45, 7) is 5.58. The van der Waals surface area contributed by atoms with Crippen molar-refractivity contribution in [2.75, 3.05) is 52.0 Å². The molecule has 1 aliphatic rings. The number of carbonyl (C=O) groups is 1. The normalized spacial score (nSPS) is 17.1. The summed E-state index contributed by atoms with van der Waals surface area (Å²) in [5.41, 5.74) is 5.84. The van der Waals surface area contributed by atoms with Gasteiger partial charge in [0.15, 0.2) is 0 Å². The summed E-state index contributed by atoms with van der Waals surface area (Å²) in [5.74, 6) is -0.718. The van der Waals surface area contributed by atoms with Gasteiger partial charge in [-0.25, -0.2) is 4.39 Å². The van der Waals surface area contributed by atoms with Gasteiger partial charge in [-0.2, -0.15) is 0 Å². The van der Waals surface area contributed by atoms with Gasteiger partial charge in [-0.3, -0.25) is 9.69 Å². The molecule has 0 aromatic heterocycles. The molecular formula is C14H21FN4O. The smallest absolute Gasteiger partial charge is 0.251 e. The van der Waals surface area contributed by atoms with E-state index in [0.717, 1.165) is 32.7 Å². The molecule has 3 N–H and O–H groups in total. The van der Waals surface area contributed by atoms with E-state index in [1.54, 1.807) is 0 Å². The maximum atomic E-state index is 13.0. The number of nitrogens with one attached hydrogen (secondary N) is 1. The number of carbonyl (C=O) groups excluding carboxylic acids is 1. The summed E-state index contributed by atoms with van der Waals surface area (Å²) in [5, 5.41) is 2.83. The fraction of sp³-hybridized carbons (Fsp3) is 0.500. The maximum Gasteiger partial charge on any atom is 0.251 e. The van der Waals surface area contributed by atoms with Crippen LogP contribution in [0.4, 0.5) is 10.1 Å². The molecule has 0 spiro atoms. The largest absolute Gasteiger partial charge is 0.396 e. The third kappa shape index (κ3) is 3.91. The number of nitrogens with two attached hydrogens (primary N) is 1. The first-order chi connectivity index (χ1) is 9.56. The lowest BCUT2D eigenvalue weighted by Crippen LogP contribution is -2.46. The molecule has 6 heteroatoms. The highest BCUT2D eigenvalue weighted by atomic mass is 19.1. The van der Waals surface area contributed by atoms with Crippen molar-refractivity contribution in [2.24, 2.45) is 0 Å². The number of amides is 1. The molecule has 2 rings (SSSR count). The zero-order valence-electron chi connectivity index (χ0n) is 11.7. The van der Waals surface area contributed by atoms with Crippen LogP contribution in [0.15, 0.2) is 18.2 Å². The lowest BCUT2D eigenvalue weighted by molar-refractivity contribution is 0.0941. The summed E-state index contributed by atoms with van der Waals surface area (Å²) in [4.78, 5) is 16.5. The summed E-state index contributed by atoms with van der Waals surface area (Å²) in [7, 11) is 2.11. The van der Waals surface area contributed by atoms with E-state index >= 15 is 0 Å². The maximum absolute atomic E-state index is 13.0. The van der Waals surface area contributed by atoms with E-state index in [1.165, 1.54) is 18.2 Å². The fourth-order valence-corrected chi connectivity index (χ4v) is 2.19. The zero-order chi connectivity index (χ0) is 14.5. The Hall–Kier alpha value is -1.66. The number of nitrogens with zero attached hydrogens (tertiary/aromatic N) is 2. The highest BCUT2D eigenvalue weighted by molar-refractivity contribution is 5.95. The second-order valence-corrected chi connectivity index (χ2v) is 5.14. The van der Waals surface area contributed by atoms with E-state index in [0.29, 0.717) is 12.1 Å². The van der Waals surface area contributed by atoms with E-state index in [9.17, 15) is 9.18 Å². The van der Waals surface area contributed by atoms with Gasteiger partial charge in [0.1, 0.15) is 5.82 Å². The molecule has 1 aliphatic heterocycles. The molecule has 0 unspecified atom stereocenters. The number of anilines is 1. The van der Waals surface area contributed by atoms with Gasteiger partial charge in [0.25, 0.3) is 5.91 Å². The van der Waals surface area contributed by atoms with Crippen LogP contribution >= 0.6 is 0 Å². The Morgan fingerprint density at radius 3 is 2.70 bits per heavy atom. The average Bonchev–Trinajstić information content (AvgIpc) is 2.44. The van der Waals surface area contributed by atoms with Gasteiger partial charge in [-0.05, 0) is 25.2 Å². The monoisotopic (exact) mass is 280 g/mol. The molecule has 1 heterocycles. The Morgan fingerprint density at radius 1 is 1.35 bits per heavy atom. The molecule has 1 fully saturated rings. The first kappa shape index (κ1) is 14.7. The van der Waals surface area contributed by atoms with Crippen molar-refractivity contribution in [3.8, 4) is 0 Å². The topological polar surface area (TPSA) is 61.6 Å². The first-order valence-electron chi connectivity index (χ1n) is 6.80. The Labute approximate surface area is 118 Å². The van der Waals surface area contributed by atoms with Gasteiger partial charge in [0.2, 0.25) is 0 Å². The molecule has 0 radical (unpaired) electrons. The van der Waals surface area contributed by atoms with Crippen LogP contribution in [0.3, 0.4) is 0 Å². The van der Waals surface area contributed by atoms with Gasteiger partial charge in [0.05, 0.1) is 5.69 Å². The molecule has 1 aromatic rings. The Balaban J connectivity index is 1.76. The Morgan fingerprint density at radius 2 is 2.05 bits per heavy atom. The molecule has 0 bridgehead atoms. The van der Waals surface area contributed by atoms with Crippen LogP contribution in [-0.4, -0.2) is 62.0 Å². The van der Waals surface area contributed by atoms with E-state index in [1.807, 2.05) is 0 Å². The SMILES string of the molecule is CN1CCN(CCNC(=O)c2ccc(F)c(N)c2)CC1. The molecule has 1 aromatic carbocycles. The molecule has 20 heavy (non-hydrogen) atoms. The summed E-state index contributed by atoms with van der Waals surface area (Å²) in [6.07, 6.45) is 0. The molecule has 5 nitrogen and oxygen atoms in total. The number of piperazine rings is 1. The van der Waals surface area contributed by atoms with Gasteiger partial charge < -0.3 is 16.0 Å². The van der Waals surface area contributed by atoms with Crippen LogP contribution in [-0.2, 0) is 0 Å². The molecule has 1 saturated heterocycles. The lowest BCUT2D eigenvalue weighted by atomic mass is 10.2. The predicted octanol–water partition coefficient (Wildman–Crippen LogP) is 0.385. The van der Waals surface area contributed by atoms with Crippen molar-refractivity contribution in [3.63, 3.8) is 0 Å².